The summed E-state index contributed by atoms with van der Waals surface area (Å²) in [6, 6.07) is 28.2. The third-order valence-electron chi connectivity index (χ3n) is 8.54. The highest BCUT2D eigenvalue weighted by Gasteiger charge is 2.40. The van der Waals surface area contributed by atoms with Gasteiger partial charge in [0.15, 0.2) is 0 Å². The third-order valence-corrected chi connectivity index (χ3v) is 10.1. The average molecular weight is 500 g/mol. The molecule has 0 saturated carbocycles. The summed E-state index contributed by atoms with van der Waals surface area (Å²) >= 11 is 0. The fourth-order valence-electron chi connectivity index (χ4n) is 6.91. The molecule has 0 nitrogen and oxygen atoms in total. The summed E-state index contributed by atoms with van der Waals surface area (Å²) < 4.78 is 0. The fourth-order valence-corrected chi connectivity index (χ4v) is 8.16. The first-order valence-electron chi connectivity index (χ1n) is 13.8. The molecule has 4 aromatic rings. The zero-order chi connectivity index (χ0) is 26.3. The molecule has 0 amide bonds. The minimum absolute atomic E-state index is 0.0741. The quantitative estimate of drug-likeness (QED) is 0.209. The lowest BCUT2D eigenvalue weighted by Crippen LogP contribution is -2.30. The molecule has 0 aliphatic heterocycles. The standard InChI is InChI=1S/C36H39Si/c1-35(2,3)28-17-11-15-25-31(26-16-12-18-29(36(4,5)6)33(26)32(25)28)34-27-21-22-13-9-10-14-23(22)24(27)19-20-30(34)37(7)8/h9-20,31H,21H2,1-8H3. The summed E-state index contributed by atoms with van der Waals surface area (Å²) in [7, 11) is -0.665. The van der Waals surface area contributed by atoms with Crippen molar-refractivity contribution < 1.29 is 0 Å². The van der Waals surface area contributed by atoms with Crippen molar-refractivity contribution in [2.24, 2.45) is 0 Å². The Balaban J connectivity index is 1.73. The second-order valence-electron chi connectivity index (χ2n) is 13.4. The third kappa shape index (κ3) is 3.69. The van der Waals surface area contributed by atoms with Gasteiger partial charge in [-0.25, -0.2) is 0 Å². The van der Waals surface area contributed by atoms with Crippen LogP contribution in [0.3, 0.4) is 0 Å². The van der Waals surface area contributed by atoms with Gasteiger partial charge in [0, 0.05) is 5.92 Å². The molecule has 6 rings (SSSR count). The van der Waals surface area contributed by atoms with Crippen LogP contribution >= 0.6 is 0 Å². The predicted molar refractivity (Wildman–Crippen MR) is 162 cm³/mol. The molecule has 0 fully saturated rings. The van der Waals surface area contributed by atoms with Gasteiger partial charge >= 0.3 is 0 Å². The molecule has 0 bridgehead atoms. The fraction of sp³-hybridized carbons (Fsp3) is 0.333. The van der Waals surface area contributed by atoms with Crippen molar-refractivity contribution in [3.8, 4) is 22.3 Å². The Morgan fingerprint density at radius 3 is 1.73 bits per heavy atom. The monoisotopic (exact) mass is 499 g/mol. The van der Waals surface area contributed by atoms with Crippen LogP contribution in [-0.4, -0.2) is 8.80 Å². The van der Waals surface area contributed by atoms with Gasteiger partial charge in [-0.15, -0.1) is 0 Å². The van der Waals surface area contributed by atoms with Crippen molar-refractivity contribution in [3.63, 3.8) is 0 Å². The molecular formula is C36H39Si. The minimum Gasteiger partial charge on any atom is -0.0671 e. The minimum atomic E-state index is -0.665. The van der Waals surface area contributed by atoms with Crippen molar-refractivity contribution in [3.05, 3.63) is 112 Å². The summed E-state index contributed by atoms with van der Waals surface area (Å²) in [5.41, 5.74) is 16.6. The van der Waals surface area contributed by atoms with Gasteiger partial charge in [0.2, 0.25) is 0 Å². The van der Waals surface area contributed by atoms with E-state index in [9.17, 15) is 0 Å². The van der Waals surface area contributed by atoms with E-state index in [0.717, 1.165) is 6.42 Å². The summed E-state index contributed by atoms with van der Waals surface area (Å²) in [6.07, 6.45) is 1.04. The van der Waals surface area contributed by atoms with E-state index in [1.165, 1.54) is 50.1 Å². The highest BCUT2D eigenvalue weighted by molar-refractivity contribution is 6.71. The smallest absolute Gasteiger partial charge is 0.0671 e. The Labute approximate surface area is 225 Å². The van der Waals surface area contributed by atoms with Gasteiger partial charge in [0.05, 0.1) is 8.80 Å². The lowest BCUT2D eigenvalue weighted by atomic mass is 9.77. The maximum Gasteiger partial charge on any atom is 0.0795 e. The summed E-state index contributed by atoms with van der Waals surface area (Å²) in [4.78, 5) is 0. The SMILES string of the molecule is C[Si](C)c1ccc2c(c1C1c3cccc(C(C)(C)C)c3-c3c1cccc3C(C)(C)C)Cc1ccccc1-2. The molecule has 0 heterocycles. The first-order chi connectivity index (χ1) is 17.5. The van der Waals surface area contributed by atoms with Crippen LogP contribution in [0.4, 0.5) is 0 Å². The first-order valence-corrected chi connectivity index (χ1v) is 16.3. The molecule has 0 saturated heterocycles. The molecule has 2 aliphatic rings. The van der Waals surface area contributed by atoms with E-state index in [4.69, 9.17) is 0 Å². The van der Waals surface area contributed by atoms with Crippen molar-refractivity contribution in [2.75, 3.05) is 0 Å². The van der Waals surface area contributed by atoms with Crippen LogP contribution in [-0.2, 0) is 17.3 Å². The number of hydrogen-bond donors (Lipinski definition) is 0. The number of hydrogen-bond acceptors (Lipinski definition) is 0. The van der Waals surface area contributed by atoms with E-state index in [-0.39, 0.29) is 16.7 Å². The van der Waals surface area contributed by atoms with Crippen molar-refractivity contribution in [1.82, 2.24) is 0 Å². The van der Waals surface area contributed by atoms with Crippen molar-refractivity contribution in [2.45, 2.75) is 77.8 Å². The van der Waals surface area contributed by atoms with E-state index < -0.39 is 8.80 Å². The Hall–Kier alpha value is -2.90. The van der Waals surface area contributed by atoms with Crippen LogP contribution < -0.4 is 5.19 Å². The van der Waals surface area contributed by atoms with Gasteiger partial charge < -0.3 is 0 Å². The van der Waals surface area contributed by atoms with Gasteiger partial charge in [0.25, 0.3) is 0 Å². The lowest BCUT2D eigenvalue weighted by molar-refractivity contribution is 0.585. The lowest BCUT2D eigenvalue weighted by Gasteiger charge is -2.27. The van der Waals surface area contributed by atoms with Crippen LogP contribution in [0, 0.1) is 0 Å². The zero-order valence-corrected chi connectivity index (χ0v) is 24.7. The van der Waals surface area contributed by atoms with Gasteiger partial charge in [-0.05, 0) is 78.4 Å². The van der Waals surface area contributed by atoms with Crippen molar-refractivity contribution >= 4 is 14.0 Å². The van der Waals surface area contributed by atoms with E-state index in [0.29, 0.717) is 0 Å². The molecular weight excluding hydrogens is 460 g/mol. The molecule has 37 heavy (non-hydrogen) atoms. The summed E-state index contributed by atoms with van der Waals surface area (Å²) in [6.45, 7) is 19.2. The topological polar surface area (TPSA) is 0 Å². The van der Waals surface area contributed by atoms with Crippen LogP contribution in [0.2, 0.25) is 13.1 Å². The first kappa shape index (κ1) is 24.4. The van der Waals surface area contributed by atoms with E-state index in [2.05, 4.69) is 127 Å². The summed E-state index contributed by atoms with van der Waals surface area (Å²) in [5, 5.41) is 1.60. The Kier molecular flexibility index (Phi) is 5.48. The van der Waals surface area contributed by atoms with Crippen LogP contribution in [0.5, 0.6) is 0 Å². The van der Waals surface area contributed by atoms with E-state index in [1.54, 1.807) is 16.3 Å². The van der Waals surface area contributed by atoms with Gasteiger partial charge in [-0.2, -0.15) is 0 Å². The van der Waals surface area contributed by atoms with Crippen LogP contribution in [0.25, 0.3) is 22.3 Å². The molecule has 0 N–H and O–H groups in total. The molecule has 1 heteroatoms. The number of fused-ring (bicyclic) bond motifs is 6. The molecule has 2 aliphatic carbocycles. The Bertz CT molecular complexity index is 1470. The van der Waals surface area contributed by atoms with Crippen LogP contribution in [0.15, 0.2) is 72.8 Å². The van der Waals surface area contributed by atoms with Crippen LogP contribution in [0.1, 0.15) is 86.4 Å². The average Bonchev–Trinajstić information content (AvgIpc) is 3.37. The van der Waals surface area contributed by atoms with Gasteiger partial charge in [-0.1, -0.05) is 133 Å². The second-order valence-corrected chi connectivity index (χ2v) is 15.9. The van der Waals surface area contributed by atoms with Gasteiger partial charge in [0.1, 0.15) is 0 Å². The molecule has 0 aromatic heterocycles. The zero-order valence-electron chi connectivity index (χ0n) is 23.7. The largest absolute Gasteiger partial charge is 0.0795 e. The molecule has 0 spiro atoms. The molecule has 4 aromatic carbocycles. The highest BCUT2D eigenvalue weighted by atomic mass is 28.3. The Morgan fingerprint density at radius 1 is 0.622 bits per heavy atom. The normalized spacial score (nSPS) is 14.5. The second kappa shape index (κ2) is 8.30. The molecule has 0 unspecified atom stereocenters. The number of rotatable bonds is 2. The van der Waals surface area contributed by atoms with Gasteiger partial charge in [-0.3, -0.25) is 0 Å². The predicted octanol–water partition coefficient (Wildman–Crippen LogP) is 8.97. The summed E-state index contributed by atoms with van der Waals surface area (Å²) in [5.74, 6) is 0.286. The molecule has 0 atom stereocenters. The Morgan fingerprint density at radius 2 is 1.19 bits per heavy atom. The van der Waals surface area contributed by atoms with E-state index >= 15 is 0 Å². The number of benzene rings is 4. The maximum atomic E-state index is 2.48. The van der Waals surface area contributed by atoms with Crippen molar-refractivity contribution in [1.29, 1.82) is 0 Å². The maximum absolute atomic E-state index is 2.48. The molecule has 187 valence electrons. The molecule has 1 radical (unpaired) electrons. The highest BCUT2D eigenvalue weighted by Crippen LogP contribution is 2.55. The van der Waals surface area contributed by atoms with E-state index in [1.807, 2.05) is 0 Å².